The molecular weight excluding hydrogens is 348 g/mol. The SMILES string of the molecule is O=C(O)CO[C@@H]1COCC[C@H]1NC(=O)c1ccc2cccc(Cl)c2n1. The van der Waals surface area contributed by atoms with Gasteiger partial charge in [-0.1, -0.05) is 29.8 Å². The smallest absolute Gasteiger partial charge is 0.329 e. The highest BCUT2D eigenvalue weighted by Crippen LogP contribution is 2.21. The molecule has 2 atom stereocenters. The summed E-state index contributed by atoms with van der Waals surface area (Å²) in [6.07, 6.45) is 0.0162. The fraction of sp³-hybridized carbons (Fsp3) is 0.353. The van der Waals surface area contributed by atoms with E-state index in [0.717, 1.165) is 5.39 Å². The Morgan fingerprint density at radius 3 is 3.00 bits per heavy atom. The van der Waals surface area contributed by atoms with Gasteiger partial charge in [0.05, 0.1) is 23.2 Å². The van der Waals surface area contributed by atoms with Crippen LogP contribution in [0.4, 0.5) is 0 Å². The summed E-state index contributed by atoms with van der Waals surface area (Å²) in [6.45, 7) is 0.258. The molecule has 1 aliphatic heterocycles. The molecule has 2 heterocycles. The van der Waals surface area contributed by atoms with E-state index in [1.54, 1.807) is 18.2 Å². The maximum atomic E-state index is 12.5. The number of carbonyl (C=O) groups excluding carboxylic acids is 1. The minimum atomic E-state index is -1.07. The van der Waals surface area contributed by atoms with Crippen molar-refractivity contribution in [3.63, 3.8) is 0 Å². The van der Waals surface area contributed by atoms with Gasteiger partial charge in [0, 0.05) is 12.0 Å². The van der Waals surface area contributed by atoms with Gasteiger partial charge in [0.2, 0.25) is 0 Å². The van der Waals surface area contributed by atoms with Gasteiger partial charge < -0.3 is 19.9 Å². The normalized spacial score (nSPS) is 20.4. The Morgan fingerprint density at radius 2 is 2.20 bits per heavy atom. The fourth-order valence-corrected chi connectivity index (χ4v) is 2.92. The lowest BCUT2D eigenvalue weighted by molar-refractivity contribution is -0.148. The van der Waals surface area contributed by atoms with E-state index in [1.807, 2.05) is 12.1 Å². The number of hydrogen-bond donors (Lipinski definition) is 2. The molecule has 0 aliphatic carbocycles. The Balaban J connectivity index is 1.73. The van der Waals surface area contributed by atoms with Crippen molar-refractivity contribution >= 4 is 34.4 Å². The van der Waals surface area contributed by atoms with Crippen LogP contribution in [0.3, 0.4) is 0 Å². The van der Waals surface area contributed by atoms with Crippen LogP contribution in [-0.2, 0) is 14.3 Å². The maximum absolute atomic E-state index is 12.5. The van der Waals surface area contributed by atoms with Gasteiger partial charge in [-0.3, -0.25) is 4.79 Å². The van der Waals surface area contributed by atoms with Crippen LogP contribution >= 0.6 is 11.6 Å². The van der Waals surface area contributed by atoms with Gasteiger partial charge >= 0.3 is 5.97 Å². The summed E-state index contributed by atoms with van der Waals surface area (Å²) in [7, 11) is 0. The molecule has 1 amide bonds. The molecule has 1 aromatic heterocycles. The van der Waals surface area contributed by atoms with Crippen LogP contribution in [-0.4, -0.2) is 53.9 Å². The number of para-hydroxylation sites is 1. The van der Waals surface area contributed by atoms with Crippen molar-refractivity contribution in [2.75, 3.05) is 19.8 Å². The minimum absolute atomic E-state index is 0.231. The summed E-state index contributed by atoms with van der Waals surface area (Å²) in [5.41, 5.74) is 0.798. The van der Waals surface area contributed by atoms with E-state index < -0.39 is 18.7 Å². The van der Waals surface area contributed by atoms with Crippen LogP contribution in [0.1, 0.15) is 16.9 Å². The molecule has 1 aromatic carbocycles. The monoisotopic (exact) mass is 364 g/mol. The molecular formula is C17H17ClN2O5. The average molecular weight is 365 g/mol. The Bertz CT molecular complexity index is 798. The zero-order chi connectivity index (χ0) is 17.8. The molecule has 2 aromatic rings. The number of carboxylic acids is 1. The number of aromatic nitrogens is 1. The molecule has 0 saturated carbocycles. The molecule has 7 nitrogen and oxygen atoms in total. The van der Waals surface area contributed by atoms with E-state index in [-0.39, 0.29) is 24.2 Å². The molecule has 3 rings (SSSR count). The molecule has 8 heteroatoms. The third kappa shape index (κ3) is 4.25. The first-order valence-corrected chi connectivity index (χ1v) is 8.19. The Hall–Kier alpha value is -2.22. The molecule has 0 unspecified atom stereocenters. The topological polar surface area (TPSA) is 97.8 Å². The van der Waals surface area contributed by atoms with Crippen LogP contribution in [0.5, 0.6) is 0 Å². The highest BCUT2D eigenvalue weighted by Gasteiger charge is 2.29. The molecule has 2 N–H and O–H groups in total. The van der Waals surface area contributed by atoms with Crippen LogP contribution < -0.4 is 5.32 Å². The third-order valence-electron chi connectivity index (χ3n) is 3.95. The van der Waals surface area contributed by atoms with E-state index in [1.165, 1.54) is 0 Å². The highest BCUT2D eigenvalue weighted by atomic mass is 35.5. The number of nitrogens with zero attached hydrogens (tertiary/aromatic N) is 1. The van der Waals surface area contributed by atoms with Crippen molar-refractivity contribution in [2.45, 2.75) is 18.6 Å². The summed E-state index contributed by atoms with van der Waals surface area (Å²) in [4.78, 5) is 27.5. The van der Waals surface area contributed by atoms with E-state index in [9.17, 15) is 9.59 Å². The Labute approximate surface area is 148 Å². The number of carbonyl (C=O) groups is 2. The molecule has 132 valence electrons. The first-order chi connectivity index (χ1) is 12.0. The number of ether oxygens (including phenoxy) is 2. The van der Waals surface area contributed by atoms with Crippen molar-refractivity contribution in [1.82, 2.24) is 10.3 Å². The van der Waals surface area contributed by atoms with Gasteiger partial charge in [0.15, 0.2) is 0 Å². The number of nitrogens with one attached hydrogen (secondary N) is 1. The first kappa shape index (κ1) is 17.6. The molecule has 0 radical (unpaired) electrons. The van der Waals surface area contributed by atoms with Gasteiger partial charge in [-0.25, -0.2) is 9.78 Å². The summed E-state index contributed by atoms with van der Waals surface area (Å²) < 4.78 is 10.6. The number of fused-ring (bicyclic) bond motifs is 1. The van der Waals surface area contributed by atoms with Crippen LogP contribution in [0.25, 0.3) is 10.9 Å². The van der Waals surface area contributed by atoms with Gasteiger partial charge in [-0.15, -0.1) is 0 Å². The summed E-state index contributed by atoms with van der Waals surface area (Å²) in [5.74, 6) is -1.43. The second-order valence-corrected chi connectivity index (χ2v) is 6.10. The quantitative estimate of drug-likeness (QED) is 0.840. The van der Waals surface area contributed by atoms with Crippen molar-refractivity contribution in [3.05, 3.63) is 41.0 Å². The van der Waals surface area contributed by atoms with Crippen molar-refractivity contribution in [3.8, 4) is 0 Å². The molecule has 1 aliphatic rings. The standard InChI is InChI=1S/C17H17ClN2O5/c18-11-3-1-2-10-4-5-13(19-16(10)11)17(23)20-12-6-7-24-8-14(12)25-9-15(21)22/h1-5,12,14H,6-9H2,(H,20,23)(H,21,22)/t12-,14-/m1/s1. The number of hydrogen-bond acceptors (Lipinski definition) is 5. The average Bonchev–Trinajstić information content (AvgIpc) is 2.61. The lowest BCUT2D eigenvalue weighted by atomic mass is 10.1. The largest absolute Gasteiger partial charge is 0.480 e. The van der Waals surface area contributed by atoms with E-state index in [4.69, 9.17) is 26.2 Å². The number of benzene rings is 1. The van der Waals surface area contributed by atoms with E-state index in [0.29, 0.717) is 23.6 Å². The zero-order valence-electron chi connectivity index (χ0n) is 13.3. The van der Waals surface area contributed by atoms with Crippen LogP contribution in [0, 0.1) is 0 Å². The van der Waals surface area contributed by atoms with Crippen molar-refractivity contribution in [2.24, 2.45) is 0 Å². The third-order valence-corrected chi connectivity index (χ3v) is 4.25. The number of amides is 1. The number of carboxylic acid groups (broad SMARTS) is 1. The maximum Gasteiger partial charge on any atom is 0.329 e. The van der Waals surface area contributed by atoms with Crippen molar-refractivity contribution < 1.29 is 24.2 Å². The predicted octanol–water partition coefficient (Wildman–Crippen LogP) is 1.88. The number of halogens is 1. The fourth-order valence-electron chi connectivity index (χ4n) is 2.70. The Morgan fingerprint density at radius 1 is 1.36 bits per heavy atom. The van der Waals surface area contributed by atoms with Crippen LogP contribution in [0.15, 0.2) is 30.3 Å². The van der Waals surface area contributed by atoms with Gasteiger partial charge in [0.25, 0.3) is 5.91 Å². The Kier molecular flexibility index (Phi) is 5.47. The zero-order valence-corrected chi connectivity index (χ0v) is 14.0. The van der Waals surface area contributed by atoms with Crippen molar-refractivity contribution in [1.29, 1.82) is 0 Å². The summed E-state index contributed by atoms with van der Waals surface area (Å²) >= 11 is 6.13. The number of pyridine rings is 1. The van der Waals surface area contributed by atoms with E-state index in [2.05, 4.69) is 10.3 Å². The lowest BCUT2D eigenvalue weighted by Crippen LogP contribution is -2.50. The van der Waals surface area contributed by atoms with Gasteiger partial charge in [0.1, 0.15) is 18.4 Å². The lowest BCUT2D eigenvalue weighted by Gasteiger charge is -2.31. The number of aliphatic carboxylic acids is 1. The molecule has 0 bridgehead atoms. The highest BCUT2D eigenvalue weighted by molar-refractivity contribution is 6.35. The minimum Gasteiger partial charge on any atom is -0.480 e. The first-order valence-electron chi connectivity index (χ1n) is 7.82. The number of rotatable bonds is 5. The molecule has 1 saturated heterocycles. The molecule has 25 heavy (non-hydrogen) atoms. The van der Waals surface area contributed by atoms with Gasteiger partial charge in [-0.2, -0.15) is 0 Å². The summed E-state index contributed by atoms with van der Waals surface area (Å²) in [6, 6.07) is 8.46. The second-order valence-electron chi connectivity index (χ2n) is 5.69. The second kappa shape index (κ2) is 7.77. The van der Waals surface area contributed by atoms with Gasteiger partial charge in [-0.05, 0) is 18.6 Å². The summed E-state index contributed by atoms with van der Waals surface area (Å²) in [5, 5.41) is 12.9. The molecule has 0 spiro atoms. The predicted molar refractivity (Wildman–Crippen MR) is 90.8 cm³/mol. The van der Waals surface area contributed by atoms with Crippen LogP contribution in [0.2, 0.25) is 5.02 Å². The molecule has 1 fully saturated rings. The van der Waals surface area contributed by atoms with E-state index >= 15 is 0 Å².